The molecule has 3 heterocycles. The SMILES string of the molecule is CCCCn1c(O)c(C(=N)N)c(=O)n(C2CCC(C)(CN3CC4(CCOC4)C(=O)NC3=O)CC2)c1=O. The molecule has 2 aliphatic heterocycles. The molecule has 1 aromatic heterocycles. The van der Waals surface area contributed by atoms with Gasteiger partial charge in [-0.2, -0.15) is 0 Å². The lowest BCUT2D eigenvalue weighted by Gasteiger charge is -2.44. The number of carbonyl (C=O) groups is 2. The Labute approximate surface area is 208 Å². The molecule has 3 aliphatic rings. The highest BCUT2D eigenvalue weighted by atomic mass is 16.5. The maximum absolute atomic E-state index is 13.2. The molecule has 1 spiro atoms. The fourth-order valence-corrected chi connectivity index (χ4v) is 5.77. The van der Waals surface area contributed by atoms with Crippen molar-refractivity contribution in [2.75, 3.05) is 26.3 Å². The van der Waals surface area contributed by atoms with Crippen LogP contribution in [0.15, 0.2) is 9.59 Å². The molecular weight excluding hydrogens is 468 g/mol. The molecule has 1 saturated carbocycles. The quantitative estimate of drug-likeness (QED) is 0.315. The summed E-state index contributed by atoms with van der Waals surface area (Å²) in [6.07, 6.45) is 4.32. The highest BCUT2D eigenvalue weighted by molar-refractivity contribution is 6.00. The molecule has 12 nitrogen and oxygen atoms in total. The van der Waals surface area contributed by atoms with Crippen molar-refractivity contribution in [1.29, 1.82) is 5.41 Å². The van der Waals surface area contributed by atoms with Crippen molar-refractivity contribution in [3.63, 3.8) is 0 Å². The van der Waals surface area contributed by atoms with Crippen LogP contribution < -0.4 is 22.3 Å². The molecule has 198 valence electrons. The van der Waals surface area contributed by atoms with Gasteiger partial charge in [0.2, 0.25) is 11.8 Å². The van der Waals surface area contributed by atoms with E-state index in [0.717, 1.165) is 15.6 Å². The monoisotopic (exact) mass is 504 g/mol. The molecule has 1 aromatic rings. The minimum Gasteiger partial charge on any atom is -0.494 e. The van der Waals surface area contributed by atoms with E-state index in [2.05, 4.69) is 12.2 Å². The number of urea groups is 1. The number of aromatic hydroxyl groups is 1. The van der Waals surface area contributed by atoms with E-state index in [9.17, 15) is 24.3 Å². The predicted molar refractivity (Wildman–Crippen MR) is 131 cm³/mol. The van der Waals surface area contributed by atoms with Crippen molar-refractivity contribution in [1.82, 2.24) is 19.4 Å². The van der Waals surface area contributed by atoms with E-state index in [-0.39, 0.29) is 23.4 Å². The first kappa shape index (κ1) is 25.9. The smallest absolute Gasteiger partial charge is 0.334 e. The van der Waals surface area contributed by atoms with Gasteiger partial charge in [0, 0.05) is 32.3 Å². The number of aromatic nitrogens is 2. The number of hydrogen-bond acceptors (Lipinski definition) is 7. The van der Waals surface area contributed by atoms with E-state index in [0.29, 0.717) is 64.8 Å². The molecule has 0 bridgehead atoms. The zero-order valence-corrected chi connectivity index (χ0v) is 21.0. The van der Waals surface area contributed by atoms with Crippen molar-refractivity contribution >= 4 is 17.8 Å². The molecule has 0 radical (unpaired) electrons. The number of nitrogens with zero attached hydrogens (tertiary/aromatic N) is 3. The molecule has 1 aliphatic carbocycles. The molecule has 0 aromatic carbocycles. The Morgan fingerprint density at radius 3 is 2.50 bits per heavy atom. The average Bonchev–Trinajstić information content (AvgIpc) is 3.28. The first-order valence-corrected chi connectivity index (χ1v) is 12.6. The Bertz CT molecular complexity index is 1170. The van der Waals surface area contributed by atoms with E-state index < -0.39 is 40.5 Å². The van der Waals surface area contributed by atoms with Crippen LogP contribution in [0.2, 0.25) is 0 Å². The molecule has 12 heteroatoms. The third kappa shape index (κ3) is 4.54. The van der Waals surface area contributed by atoms with Crippen LogP contribution in [-0.2, 0) is 16.1 Å². The Morgan fingerprint density at radius 2 is 1.92 bits per heavy atom. The second-order valence-electron chi connectivity index (χ2n) is 10.8. The fourth-order valence-electron chi connectivity index (χ4n) is 5.77. The number of ether oxygens (including phenoxy) is 1. The number of carbonyl (C=O) groups excluding carboxylic acids is 2. The van der Waals surface area contributed by atoms with Gasteiger partial charge in [0.25, 0.3) is 5.56 Å². The number of hydrogen-bond donors (Lipinski definition) is 4. The van der Waals surface area contributed by atoms with Crippen molar-refractivity contribution in [3.8, 4) is 5.88 Å². The van der Waals surface area contributed by atoms with Gasteiger partial charge in [-0.3, -0.25) is 29.4 Å². The van der Waals surface area contributed by atoms with Gasteiger partial charge in [-0.15, -0.1) is 0 Å². The first-order chi connectivity index (χ1) is 17.0. The Hall–Kier alpha value is -3.15. The second kappa shape index (κ2) is 9.72. The molecule has 36 heavy (non-hydrogen) atoms. The van der Waals surface area contributed by atoms with Gasteiger partial charge in [0.1, 0.15) is 11.4 Å². The Balaban J connectivity index is 1.54. The highest BCUT2D eigenvalue weighted by Gasteiger charge is 2.50. The van der Waals surface area contributed by atoms with Gasteiger partial charge in [0.15, 0.2) is 0 Å². The molecule has 1 unspecified atom stereocenters. The summed E-state index contributed by atoms with van der Waals surface area (Å²) < 4.78 is 7.73. The lowest BCUT2D eigenvalue weighted by atomic mass is 9.73. The van der Waals surface area contributed by atoms with Crippen LogP contribution >= 0.6 is 0 Å². The third-order valence-corrected chi connectivity index (χ3v) is 8.04. The zero-order valence-electron chi connectivity index (χ0n) is 21.0. The Morgan fingerprint density at radius 1 is 1.22 bits per heavy atom. The number of nitrogens with two attached hydrogens (primary N) is 1. The summed E-state index contributed by atoms with van der Waals surface area (Å²) in [4.78, 5) is 53.1. The average molecular weight is 505 g/mol. The molecule has 2 saturated heterocycles. The lowest BCUT2D eigenvalue weighted by Crippen LogP contribution is -2.62. The van der Waals surface area contributed by atoms with E-state index in [1.165, 1.54) is 0 Å². The topological polar surface area (TPSA) is 173 Å². The largest absolute Gasteiger partial charge is 0.494 e. The zero-order chi connectivity index (χ0) is 26.3. The minimum absolute atomic E-state index is 0.223. The van der Waals surface area contributed by atoms with Crippen molar-refractivity contribution in [2.24, 2.45) is 16.6 Å². The van der Waals surface area contributed by atoms with E-state index >= 15 is 0 Å². The number of nitrogen functional groups attached to an aromatic ring is 1. The number of amidine groups is 1. The van der Waals surface area contributed by atoms with Gasteiger partial charge in [-0.1, -0.05) is 20.3 Å². The van der Waals surface area contributed by atoms with Gasteiger partial charge in [0.05, 0.1) is 12.0 Å². The number of unbranched alkanes of at least 4 members (excludes halogenated alkanes) is 1. The van der Waals surface area contributed by atoms with Gasteiger partial charge in [-0.05, 0) is 43.9 Å². The molecule has 4 rings (SSSR count). The van der Waals surface area contributed by atoms with Crippen LogP contribution in [0.3, 0.4) is 0 Å². The highest BCUT2D eigenvalue weighted by Crippen LogP contribution is 2.42. The minimum atomic E-state index is -0.747. The number of amides is 3. The van der Waals surface area contributed by atoms with Crippen LogP contribution in [-0.4, -0.2) is 63.2 Å². The number of rotatable bonds is 7. The second-order valence-corrected chi connectivity index (χ2v) is 10.8. The lowest BCUT2D eigenvalue weighted by molar-refractivity contribution is -0.133. The van der Waals surface area contributed by atoms with Crippen LogP contribution in [0.5, 0.6) is 5.88 Å². The van der Waals surface area contributed by atoms with Gasteiger partial charge >= 0.3 is 11.7 Å². The third-order valence-electron chi connectivity index (χ3n) is 8.04. The fraction of sp³-hybridized carbons (Fsp3) is 0.708. The number of nitrogens with one attached hydrogen (secondary N) is 2. The van der Waals surface area contributed by atoms with Crippen LogP contribution in [0.4, 0.5) is 4.79 Å². The van der Waals surface area contributed by atoms with E-state index in [1.807, 2.05) is 6.92 Å². The standard InChI is InChI=1S/C24H36N6O6/c1-3-4-10-29-18(31)16(17(25)26)19(32)30(22(29)35)15-5-7-23(2,8-6-15)12-28-13-24(9-11-36-14-24)20(33)27-21(28)34/h15,31H,3-14H2,1-2H3,(H3,25,26)(H,27,33,34). The van der Waals surface area contributed by atoms with Crippen molar-refractivity contribution in [3.05, 3.63) is 26.4 Å². The summed E-state index contributed by atoms with van der Waals surface area (Å²) in [5.74, 6) is -1.41. The molecule has 3 amide bonds. The van der Waals surface area contributed by atoms with Gasteiger partial charge in [-0.25, -0.2) is 9.59 Å². The van der Waals surface area contributed by atoms with Crippen molar-refractivity contribution in [2.45, 2.75) is 71.4 Å². The van der Waals surface area contributed by atoms with Crippen LogP contribution in [0.25, 0.3) is 0 Å². The normalized spacial score (nSPS) is 28.5. The molecule has 5 N–H and O–H groups in total. The molecular formula is C24H36N6O6. The summed E-state index contributed by atoms with van der Waals surface area (Å²) in [7, 11) is 0. The predicted octanol–water partition coefficient (Wildman–Crippen LogP) is 0.880. The molecule has 3 fully saturated rings. The summed E-state index contributed by atoms with van der Waals surface area (Å²) in [5.41, 5.74) is 2.94. The maximum atomic E-state index is 13.2. The van der Waals surface area contributed by atoms with E-state index in [1.54, 1.807) is 4.90 Å². The molecule has 1 atom stereocenters. The van der Waals surface area contributed by atoms with Crippen LogP contribution in [0.1, 0.15) is 70.4 Å². The van der Waals surface area contributed by atoms with Crippen LogP contribution in [0, 0.1) is 16.2 Å². The summed E-state index contributed by atoms with van der Waals surface area (Å²) in [6, 6.07) is -0.809. The first-order valence-electron chi connectivity index (χ1n) is 12.6. The van der Waals surface area contributed by atoms with Crippen molar-refractivity contribution < 1.29 is 19.4 Å². The maximum Gasteiger partial charge on any atom is 0.334 e. The summed E-state index contributed by atoms with van der Waals surface area (Å²) >= 11 is 0. The van der Waals surface area contributed by atoms with E-state index in [4.69, 9.17) is 15.9 Å². The number of imide groups is 1. The Kier molecular flexibility index (Phi) is 7.00. The summed E-state index contributed by atoms with van der Waals surface area (Å²) in [6.45, 7) is 5.81. The summed E-state index contributed by atoms with van der Waals surface area (Å²) in [5, 5.41) is 20.8. The van der Waals surface area contributed by atoms with Gasteiger partial charge < -0.3 is 20.5 Å².